The van der Waals surface area contributed by atoms with E-state index in [4.69, 9.17) is 4.74 Å². The molecule has 1 aliphatic heterocycles. The molecule has 0 amide bonds. The van der Waals surface area contributed by atoms with Gasteiger partial charge in [-0.1, -0.05) is 0 Å². The first-order valence-electron chi connectivity index (χ1n) is 5.13. The van der Waals surface area contributed by atoms with Gasteiger partial charge in [0.05, 0.1) is 19.3 Å². The third kappa shape index (κ3) is 1.77. The summed E-state index contributed by atoms with van der Waals surface area (Å²) in [7, 11) is 1.14. The largest absolute Gasteiger partial charge is 0.492 e. The van der Waals surface area contributed by atoms with Crippen LogP contribution >= 0.6 is 0 Å². The molecule has 0 spiro atoms. The third-order valence-electron chi connectivity index (χ3n) is 2.66. The van der Waals surface area contributed by atoms with Gasteiger partial charge >= 0.3 is 5.97 Å². The van der Waals surface area contributed by atoms with Gasteiger partial charge in [0.1, 0.15) is 17.1 Å². The molecule has 0 bridgehead atoms. The number of esters is 1. The van der Waals surface area contributed by atoms with Crippen LogP contribution < -0.4 is 4.74 Å². The van der Waals surface area contributed by atoms with Crippen molar-refractivity contribution in [3.05, 3.63) is 28.6 Å². The molecule has 0 aromatic heterocycles. The van der Waals surface area contributed by atoms with Gasteiger partial charge in [-0.15, -0.1) is 0 Å². The number of aryl methyl sites for hydroxylation is 1. The summed E-state index contributed by atoms with van der Waals surface area (Å²) < 4.78 is 23.7. The smallest absolute Gasteiger partial charge is 0.341 e. The van der Waals surface area contributed by atoms with Crippen LogP contribution in [0.2, 0.25) is 0 Å². The van der Waals surface area contributed by atoms with Gasteiger partial charge in [0, 0.05) is 6.42 Å². The van der Waals surface area contributed by atoms with Gasteiger partial charge in [0.25, 0.3) is 0 Å². The standard InChI is InChI=1S/C12H11FO4/c1-6-5-8-9(7(14)3-4-17-8)10(11(6)13)12(15)16-2/h5H,3-4H2,1-2H3. The van der Waals surface area contributed by atoms with E-state index in [0.29, 0.717) is 0 Å². The lowest BCUT2D eigenvalue weighted by molar-refractivity contribution is 0.0588. The molecule has 0 fully saturated rings. The zero-order chi connectivity index (χ0) is 12.6. The molecule has 0 radical (unpaired) electrons. The van der Waals surface area contributed by atoms with Crippen LogP contribution in [0.5, 0.6) is 5.75 Å². The Morgan fingerprint density at radius 3 is 2.88 bits per heavy atom. The van der Waals surface area contributed by atoms with Crippen molar-refractivity contribution < 1.29 is 23.5 Å². The normalized spacial score (nSPS) is 13.9. The maximum atomic E-state index is 13.9. The molecular formula is C12H11FO4. The molecule has 0 atom stereocenters. The van der Waals surface area contributed by atoms with Crippen LogP contribution in [0.15, 0.2) is 6.07 Å². The number of methoxy groups -OCH3 is 1. The Morgan fingerprint density at radius 2 is 2.24 bits per heavy atom. The van der Waals surface area contributed by atoms with Crippen molar-refractivity contribution in [2.24, 2.45) is 0 Å². The minimum absolute atomic E-state index is 0.00815. The molecule has 4 nitrogen and oxygen atoms in total. The molecule has 17 heavy (non-hydrogen) atoms. The fourth-order valence-corrected chi connectivity index (χ4v) is 1.83. The average molecular weight is 238 g/mol. The summed E-state index contributed by atoms with van der Waals surface area (Å²) in [6, 6.07) is 1.42. The molecule has 5 heteroatoms. The van der Waals surface area contributed by atoms with Gasteiger partial charge in [-0.05, 0) is 18.6 Å². The summed E-state index contributed by atoms with van der Waals surface area (Å²) in [4.78, 5) is 23.3. The van der Waals surface area contributed by atoms with E-state index in [9.17, 15) is 14.0 Å². The predicted octanol–water partition coefficient (Wildman–Crippen LogP) is 1.89. The number of Topliss-reactive ketones (excluding diaryl/α,β-unsaturated/α-hetero) is 1. The summed E-state index contributed by atoms with van der Waals surface area (Å²) in [6.45, 7) is 1.75. The maximum Gasteiger partial charge on any atom is 0.341 e. The first-order chi connectivity index (χ1) is 8.06. The first kappa shape index (κ1) is 11.6. The Kier molecular flexibility index (Phi) is 2.83. The van der Waals surface area contributed by atoms with Gasteiger partial charge < -0.3 is 9.47 Å². The SMILES string of the molecule is COC(=O)c1c(F)c(C)cc2c1C(=O)CCO2. The molecule has 1 aliphatic rings. The Morgan fingerprint density at radius 1 is 1.53 bits per heavy atom. The Hall–Kier alpha value is -1.91. The predicted molar refractivity (Wildman–Crippen MR) is 56.9 cm³/mol. The van der Waals surface area contributed by atoms with Crippen molar-refractivity contribution in [2.75, 3.05) is 13.7 Å². The number of hydrogen-bond acceptors (Lipinski definition) is 4. The third-order valence-corrected chi connectivity index (χ3v) is 2.66. The first-order valence-corrected chi connectivity index (χ1v) is 5.13. The number of halogens is 1. The lowest BCUT2D eigenvalue weighted by atomic mass is 9.96. The summed E-state index contributed by atoms with van der Waals surface area (Å²) in [5.41, 5.74) is -0.0859. The van der Waals surface area contributed by atoms with Crippen LogP contribution in [0, 0.1) is 12.7 Å². The number of rotatable bonds is 1. The fourth-order valence-electron chi connectivity index (χ4n) is 1.83. The molecular weight excluding hydrogens is 227 g/mol. The monoisotopic (exact) mass is 238 g/mol. The highest BCUT2D eigenvalue weighted by Gasteiger charge is 2.30. The number of fused-ring (bicyclic) bond motifs is 1. The van der Waals surface area contributed by atoms with Gasteiger partial charge in [0.15, 0.2) is 5.78 Å². The Bertz CT molecular complexity index is 508. The second-order valence-electron chi connectivity index (χ2n) is 3.77. The quantitative estimate of drug-likeness (QED) is 0.701. The van der Waals surface area contributed by atoms with E-state index < -0.39 is 11.8 Å². The Balaban J connectivity index is 2.74. The van der Waals surface area contributed by atoms with E-state index in [1.54, 1.807) is 0 Å². The molecule has 1 aromatic carbocycles. The topological polar surface area (TPSA) is 52.6 Å². The highest BCUT2D eigenvalue weighted by Crippen LogP contribution is 2.32. The van der Waals surface area contributed by atoms with Gasteiger partial charge in [-0.2, -0.15) is 0 Å². The number of hydrogen-bond donors (Lipinski definition) is 0. The number of ether oxygens (including phenoxy) is 2. The number of carbonyl (C=O) groups is 2. The molecule has 0 unspecified atom stereocenters. The van der Waals surface area contributed by atoms with E-state index in [1.807, 2.05) is 0 Å². The van der Waals surface area contributed by atoms with Crippen molar-refractivity contribution in [3.63, 3.8) is 0 Å². The Labute approximate surface area is 97.3 Å². The molecule has 2 rings (SSSR count). The minimum atomic E-state index is -0.860. The highest BCUT2D eigenvalue weighted by molar-refractivity contribution is 6.09. The van der Waals surface area contributed by atoms with Crippen LogP contribution in [0.1, 0.15) is 32.7 Å². The van der Waals surface area contributed by atoms with Gasteiger partial charge in [-0.25, -0.2) is 9.18 Å². The molecule has 0 aliphatic carbocycles. The second-order valence-corrected chi connectivity index (χ2v) is 3.77. The lowest BCUT2D eigenvalue weighted by Gasteiger charge is -2.19. The van der Waals surface area contributed by atoms with Crippen LogP contribution in [-0.4, -0.2) is 25.5 Å². The molecule has 0 saturated carbocycles. The molecule has 1 aromatic rings. The molecule has 0 saturated heterocycles. The van der Waals surface area contributed by atoms with Crippen molar-refractivity contribution in [1.29, 1.82) is 0 Å². The molecule has 1 heterocycles. The molecule has 90 valence electrons. The second kappa shape index (κ2) is 4.16. The van der Waals surface area contributed by atoms with E-state index in [-0.39, 0.29) is 41.3 Å². The number of carbonyl (C=O) groups excluding carboxylic acids is 2. The van der Waals surface area contributed by atoms with Gasteiger partial charge in [-0.3, -0.25) is 4.79 Å². The summed E-state index contributed by atoms with van der Waals surface area (Å²) in [6.07, 6.45) is 0.138. The van der Waals surface area contributed by atoms with Crippen LogP contribution in [0.4, 0.5) is 4.39 Å². The zero-order valence-corrected chi connectivity index (χ0v) is 9.50. The fraction of sp³-hybridized carbons (Fsp3) is 0.333. The lowest BCUT2D eigenvalue weighted by Crippen LogP contribution is -2.21. The highest BCUT2D eigenvalue weighted by atomic mass is 19.1. The van der Waals surface area contributed by atoms with E-state index in [1.165, 1.54) is 13.0 Å². The average Bonchev–Trinajstić information content (AvgIpc) is 2.31. The summed E-state index contributed by atoms with van der Waals surface area (Å²) in [5.74, 6) is -1.64. The van der Waals surface area contributed by atoms with Crippen LogP contribution in [0.3, 0.4) is 0 Å². The summed E-state index contributed by atoms with van der Waals surface area (Å²) in [5, 5.41) is 0. The van der Waals surface area contributed by atoms with Crippen molar-refractivity contribution in [2.45, 2.75) is 13.3 Å². The number of ketones is 1. The minimum Gasteiger partial charge on any atom is -0.492 e. The van der Waals surface area contributed by atoms with Crippen LogP contribution in [0.25, 0.3) is 0 Å². The van der Waals surface area contributed by atoms with E-state index >= 15 is 0 Å². The van der Waals surface area contributed by atoms with Gasteiger partial charge in [0.2, 0.25) is 0 Å². The number of benzene rings is 1. The van der Waals surface area contributed by atoms with Crippen LogP contribution in [-0.2, 0) is 4.74 Å². The molecule has 0 N–H and O–H groups in total. The van der Waals surface area contributed by atoms with Crippen molar-refractivity contribution in [1.82, 2.24) is 0 Å². The van der Waals surface area contributed by atoms with E-state index in [2.05, 4.69) is 4.74 Å². The summed E-state index contributed by atoms with van der Waals surface area (Å²) >= 11 is 0. The maximum absolute atomic E-state index is 13.9. The zero-order valence-electron chi connectivity index (χ0n) is 9.50. The van der Waals surface area contributed by atoms with E-state index in [0.717, 1.165) is 7.11 Å². The van der Waals surface area contributed by atoms with Crippen molar-refractivity contribution >= 4 is 11.8 Å². The van der Waals surface area contributed by atoms with Crippen molar-refractivity contribution in [3.8, 4) is 5.75 Å².